The van der Waals surface area contributed by atoms with Gasteiger partial charge in [0, 0.05) is 5.69 Å². The molecule has 0 radical (unpaired) electrons. The van der Waals surface area contributed by atoms with E-state index in [4.69, 9.17) is 10.5 Å². The Morgan fingerprint density at radius 1 is 1.08 bits per heavy atom. The highest BCUT2D eigenvalue weighted by molar-refractivity contribution is 6.03. The van der Waals surface area contributed by atoms with Crippen LogP contribution in [0.15, 0.2) is 48.5 Å². The summed E-state index contributed by atoms with van der Waals surface area (Å²) in [6.07, 6.45) is 0.951. The van der Waals surface area contributed by atoms with Crippen LogP contribution in [0.3, 0.4) is 0 Å². The molecule has 2 amide bonds. The van der Waals surface area contributed by atoms with Crippen molar-refractivity contribution in [2.24, 2.45) is 5.73 Å². The number of carbonyl (C=O) groups excluding carboxylic acids is 2. The second-order valence-corrected chi connectivity index (χ2v) is 5.18. The summed E-state index contributed by atoms with van der Waals surface area (Å²) in [4.78, 5) is 23.4. The largest absolute Gasteiger partial charge is 0.494 e. The molecular weight excluding hydrogens is 306 g/mol. The maximum atomic E-state index is 12.0. The van der Waals surface area contributed by atoms with Crippen LogP contribution in [-0.4, -0.2) is 25.0 Å². The van der Waals surface area contributed by atoms with Crippen molar-refractivity contribution in [1.29, 1.82) is 0 Å². The smallest absolute Gasteiger partial charge is 0.250 e. The second kappa shape index (κ2) is 8.57. The van der Waals surface area contributed by atoms with Gasteiger partial charge < -0.3 is 21.1 Å². The van der Waals surface area contributed by atoms with Crippen LogP contribution >= 0.6 is 0 Å². The van der Waals surface area contributed by atoms with E-state index in [9.17, 15) is 9.59 Å². The Hall–Kier alpha value is -3.02. The molecule has 0 aliphatic heterocycles. The summed E-state index contributed by atoms with van der Waals surface area (Å²) in [5.41, 5.74) is 6.77. The van der Waals surface area contributed by atoms with Crippen LogP contribution in [0, 0.1) is 0 Å². The fourth-order valence-corrected chi connectivity index (χ4v) is 2.07. The molecule has 0 aliphatic rings. The summed E-state index contributed by atoms with van der Waals surface area (Å²) in [6.45, 7) is 2.79. The minimum absolute atomic E-state index is 0.0717. The molecule has 0 saturated carbocycles. The first kappa shape index (κ1) is 17.3. The van der Waals surface area contributed by atoms with E-state index in [1.165, 1.54) is 0 Å². The lowest BCUT2D eigenvalue weighted by Gasteiger charge is -2.11. The topological polar surface area (TPSA) is 93.4 Å². The highest BCUT2D eigenvalue weighted by Gasteiger charge is 2.10. The number of para-hydroxylation sites is 1. The zero-order valence-corrected chi connectivity index (χ0v) is 13.5. The van der Waals surface area contributed by atoms with Crippen molar-refractivity contribution in [3.63, 3.8) is 0 Å². The maximum Gasteiger partial charge on any atom is 0.250 e. The van der Waals surface area contributed by atoms with E-state index in [-0.39, 0.29) is 18.0 Å². The number of amides is 2. The highest BCUT2D eigenvalue weighted by Crippen LogP contribution is 2.16. The molecule has 2 rings (SSSR count). The molecule has 126 valence electrons. The van der Waals surface area contributed by atoms with Crippen LogP contribution in [-0.2, 0) is 4.79 Å². The third kappa shape index (κ3) is 5.01. The zero-order chi connectivity index (χ0) is 17.4. The molecule has 0 atom stereocenters. The van der Waals surface area contributed by atoms with Crippen LogP contribution in [0.25, 0.3) is 0 Å². The van der Waals surface area contributed by atoms with Gasteiger partial charge in [0.15, 0.2) is 0 Å². The number of nitrogens with two attached hydrogens (primary N) is 1. The van der Waals surface area contributed by atoms with E-state index < -0.39 is 5.91 Å². The molecule has 0 spiro atoms. The first-order chi connectivity index (χ1) is 11.6. The third-order valence-electron chi connectivity index (χ3n) is 3.25. The first-order valence-electron chi connectivity index (χ1n) is 7.75. The van der Waals surface area contributed by atoms with E-state index in [1.54, 1.807) is 24.3 Å². The quantitative estimate of drug-likeness (QED) is 0.695. The van der Waals surface area contributed by atoms with Gasteiger partial charge in [-0.1, -0.05) is 19.1 Å². The Morgan fingerprint density at radius 2 is 1.79 bits per heavy atom. The summed E-state index contributed by atoms with van der Waals surface area (Å²) in [5.74, 6) is -0.0567. The number of rotatable bonds is 8. The Morgan fingerprint density at radius 3 is 2.46 bits per heavy atom. The van der Waals surface area contributed by atoms with Crippen LogP contribution in [0.2, 0.25) is 0 Å². The van der Waals surface area contributed by atoms with Gasteiger partial charge in [0.2, 0.25) is 5.91 Å². The Kier molecular flexibility index (Phi) is 6.19. The van der Waals surface area contributed by atoms with E-state index in [0.29, 0.717) is 12.3 Å². The van der Waals surface area contributed by atoms with Gasteiger partial charge in [-0.25, -0.2) is 0 Å². The number of nitrogens with one attached hydrogen (secondary N) is 2. The summed E-state index contributed by atoms with van der Waals surface area (Å²) in [7, 11) is 0. The second-order valence-electron chi connectivity index (χ2n) is 5.18. The van der Waals surface area contributed by atoms with E-state index >= 15 is 0 Å². The normalized spacial score (nSPS) is 10.0. The number of anilines is 2. The minimum atomic E-state index is -0.582. The molecule has 6 heteroatoms. The molecule has 0 bridgehead atoms. The monoisotopic (exact) mass is 327 g/mol. The molecule has 2 aromatic carbocycles. The molecule has 0 fully saturated rings. The van der Waals surface area contributed by atoms with Gasteiger partial charge in [0.1, 0.15) is 5.75 Å². The van der Waals surface area contributed by atoms with Gasteiger partial charge in [0.05, 0.1) is 24.4 Å². The highest BCUT2D eigenvalue weighted by atomic mass is 16.5. The molecule has 4 N–H and O–H groups in total. The predicted octanol–water partition coefficient (Wildman–Crippen LogP) is 2.62. The number of hydrogen-bond acceptors (Lipinski definition) is 4. The number of primary amides is 1. The summed E-state index contributed by atoms with van der Waals surface area (Å²) in [5, 5.41) is 5.69. The molecule has 2 aromatic rings. The van der Waals surface area contributed by atoms with E-state index in [1.807, 2.05) is 31.2 Å². The molecule has 0 aliphatic carbocycles. The third-order valence-corrected chi connectivity index (χ3v) is 3.25. The van der Waals surface area contributed by atoms with Gasteiger partial charge in [-0.05, 0) is 42.8 Å². The number of ether oxygens (including phenoxy) is 1. The number of hydrogen-bond donors (Lipinski definition) is 3. The SMILES string of the molecule is CCCOc1ccc(NCC(=O)Nc2ccccc2C(N)=O)cc1. The van der Waals surface area contributed by atoms with Crippen LogP contribution in [0.1, 0.15) is 23.7 Å². The lowest BCUT2D eigenvalue weighted by atomic mass is 10.1. The van der Waals surface area contributed by atoms with Crippen molar-refractivity contribution in [1.82, 2.24) is 0 Å². The Labute approximate surface area is 141 Å². The molecular formula is C18H21N3O3. The van der Waals surface area contributed by atoms with E-state index in [0.717, 1.165) is 17.9 Å². The molecule has 6 nitrogen and oxygen atoms in total. The number of carbonyl (C=O) groups is 2. The maximum absolute atomic E-state index is 12.0. The van der Waals surface area contributed by atoms with Gasteiger partial charge >= 0.3 is 0 Å². The van der Waals surface area contributed by atoms with Gasteiger partial charge in [0.25, 0.3) is 5.91 Å². The summed E-state index contributed by atoms with van der Waals surface area (Å²) in [6, 6.07) is 14.0. The van der Waals surface area contributed by atoms with Crippen molar-refractivity contribution >= 4 is 23.2 Å². The molecule has 24 heavy (non-hydrogen) atoms. The average molecular weight is 327 g/mol. The average Bonchev–Trinajstić information content (AvgIpc) is 2.59. The van der Waals surface area contributed by atoms with Crippen molar-refractivity contribution in [3.8, 4) is 5.75 Å². The molecule has 0 saturated heterocycles. The van der Waals surface area contributed by atoms with Crippen molar-refractivity contribution < 1.29 is 14.3 Å². The summed E-state index contributed by atoms with van der Waals surface area (Å²) < 4.78 is 5.50. The number of benzene rings is 2. The Balaban J connectivity index is 1.88. The van der Waals surface area contributed by atoms with E-state index in [2.05, 4.69) is 10.6 Å². The van der Waals surface area contributed by atoms with Crippen molar-refractivity contribution in [3.05, 3.63) is 54.1 Å². The summed E-state index contributed by atoms with van der Waals surface area (Å²) >= 11 is 0. The van der Waals surface area contributed by atoms with Crippen LogP contribution in [0.4, 0.5) is 11.4 Å². The van der Waals surface area contributed by atoms with Gasteiger partial charge in [-0.3, -0.25) is 9.59 Å². The molecule has 0 heterocycles. The van der Waals surface area contributed by atoms with Crippen molar-refractivity contribution in [2.45, 2.75) is 13.3 Å². The lowest BCUT2D eigenvalue weighted by Crippen LogP contribution is -2.24. The Bertz CT molecular complexity index is 699. The predicted molar refractivity (Wildman–Crippen MR) is 94.3 cm³/mol. The minimum Gasteiger partial charge on any atom is -0.494 e. The van der Waals surface area contributed by atoms with Crippen molar-refractivity contribution in [2.75, 3.05) is 23.8 Å². The zero-order valence-electron chi connectivity index (χ0n) is 13.5. The van der Waals surface area contributed by atoms with Crippen LogP contribution in [0.5, 0.6) is 5.75 Å². The van der Waals surface area contributed by atoms with Crippen LogP contribution < -0.4 is 21.1 Å². The standard InChI is InChI=1S/C18H21N3O3/c1-2-11-24-14-9-7-13(8-10-14)20-12-17(22)21-16-6-4-3-5-15(16)18(19)23/h3-10,20H,2,11-12H2,1H3,(H2,19,23)(H,21,22). The fourth-order valence-electron chi connectivity index (χ4n) is 2.07. The first-order valence-corrected chi connectivity index (χ1v) is 7.75. The lowest BCUT2D eigenvalue weighted by molar-refractivity contribution is -0.114. The molecule has 0 aromatic heterocycles. The fraction of sp³-hybridized carbons (Fsp3) is 0.222. The molecule has 0 unspecified atom stereocenters. The van der Waals surface area contributed by atoms with Gasteiger partial charge in [-0.15, -0.1) is 0 Å². The van der Waals surface area contributed by atoms with Gasteiger partial charge in [-0.2, -0.15) is 0 Å².